The normalized spacial score (nSPS) is 16.5. The molecule has 2 aromatic carbocycles. The van der Waals surface area contributed by atoms with Gasteiger partial charge in [-0.15, -0.1) is 6.58 Å². The molecular formula is C23H22O. The maximum Gasteiger partial charge on any atom is 0.163 e. The van der Waals surface area contributed by atoms with Gasteiger partial charge in [0.25, 0.3) is 0 Å². The maximum absolute atomic E-state index is 12.5. The van der Waals surface area contributed by atoms with E-state index in [1.54, 1.807) is 0 Å². The highest BCUT2D eigenvalue weighted by molar-refractivity contribution is 6.15. The van der Waals surface area contributed by atoms with Crippen LogP contribution in [-0.4, -0.2) is 5.78 Å². The maximum atomic E-state index is 12.5. The molecule has 0 spiro atoms. The van der Waals surface area contributed by atoms with Gasteiger partial charge in [0, 0.05) is 12.0 Å². The number of carbonyl (C=O) groups excluding carboxylic acids is 1. The Hall–Kier alpha value is -2.67. The van der Waals surface area contributed by atoms with E-state index in [1.807, 2.05) is 37.3 Å². The van der Waals surface area contributed by atoms with Gasteiger partial charge < -0.3 is 0 Å². The first-order chi connectivity index (χ1) is 11.7. The number of Topliss-reactive ketones (excluding diaryl/α,β-unsaturated/α-hetero) is 1. The Bertz CT molecular complexity index is 808. The van der Waals surface area contributed by atoms with Crippen molar-refractivity contribution >= 4 is 16.9 Å². The molecule has 0 unspecified atom stereocenters. The highest BCUT2D eigenvalue weighted by Gasteiger charge is 2.28. The lowest BCUT2D eigenvalue weighted by Gasteiger charge is -2.15. The molecule has 0 amide bonds. The van der Waals surface area contributed by atoms with Crippen molar-refractivity contribution in [3.8, 4) is 0 Å². The van der Waals surface area contributed by atoms with Crippen LogP contribution in [0.1, 0.15) is 37.3 Å². The van der Waals surface area contributed by atoms with Crippen LogP contribution in [0.15, 0.2) is 84.5 Å². The third kappa shape index (κ3) is 3.16. The molecule has 0 saturated heterocycles. The van der Waals surface area contributed by atoms with Crippen LogP contribution in [0.3, 0.4) is 0 Å². The summed E-state index contributed by atoms with van der Waals surface area (Å²) in [4.78, 5) is 12.5. The average Bonchev–Trinajstić information content (AvgIpc) is 2.92. The molecule has 0 bridgehead atoms. The van der Waals surface area contributed by atoms with Gasteiger partial charge in [0.05, 0.1) is 0 Å². The van der Waals surface area contributed by atoms with E-state index in [1.165, 1.54) is 16.7 Å². The number of hydrogen-bond acceptors (Lipinski definition) is 1. The average molecular weight is 314 g/mol. The minimum absolute atomic E-state index is 0.232. The molecule has 0 N–H and O–H groups in total. The Kier molecular flexibility index (Phi) is 4.90. The summed E-state index contributed by atoms with van der Waals surface area (Å²) >= 11 is 0. The van der Waals surface area contributed by atoms with Gasteiger partial charge in [-0.05, 0) is 47.6 Å². The number of hydrogen-bond donors (Lipinski definition) is 0. The Balaban J connectivity index is 2.19. The predicted molar refractivity (Wildman–Crippen MR) is 101 cm³/mol. The van der Waals surface area contributed by atoms with Crippen LogP contribution in [0.5, 0.6) is 0 Å². The van der Waals surface area contributed by atoms with E-state index < -0.39 is 0 Å². The van der Waals surface area contributed by atoms with E-state index in [-0.39, 0.29) is 5.78 Å². The molecule has 1 heteroatoms. The van der Waals surface area contributed by atoms with E-state index in [4.69, 9.17) is 0 Å². The van der Waals surface area contributed by atoms with Crippen LogP contribution in [0.4, 0.5) is 0 Å². The van der Waals surface area contributed by atoms with Crippen LogP contribution in [0.25, 0.3) is 11.1 Å². The first-order valence-electron chi connectivity index (χ1n) is 8.40. The fourth-order valence-corrected chi connectivity index (χ4v) is 3.36. The number of ketones is 1. The zero-order valence-electron chi connectivity index (χ0n) is 14.1. The topological polar surface area (TPSA) is 17.1 Å². The van der Waals surface area contributed by atoms with Crippen molar-refractivity contribution in [2.45, 2.75) is 26.2 Å². The molecule has 0 fully saturated rings. The fourth-order valence-electron chi connectivity index (χ4n) is 3.36. The molecule has 0 aromatic heterocycles. The summed E-state index contributed by atoms with van der Waals surface area (Å²) in [5, 5.41) is 0. The van der Waals surface area contributed by atoms with Gasteiger partial charge in [-0.3, -0.25) is 4.79 Å². The second-order valence-electron chi connectivity index (χ2n) is 6.12. The van der Waals surface area contributed by atoms with E-state index in [0.717, 1.165) is 29.6 Å². The van der Waals surface area contributed by atoms with Gasteiger partial charge in [0.15, 0.2) is 5.78 Å². The van der Waals surface area contributed by atoms with E-state index in [0.29, 0.717) is 6.42 Å². The van der Waals surface area contributed by atoms with Crippen molar-refractivity contribution in [3.63, 3.8) is 0 Å². The molecule has 24 heavy (non-hydrogen) atoms. The first kappa shape index (κ1) is 16.2. The summed E-state index contributed by atoms with van der Waals surface area (Å²) in [6, 6.07) is 20.6. The zero-order chi connectivity index (χ0) is 16.9. The summed E-state index contributed by atoms with van der Waals surface area (Å²) < 4.78 is 0. The summed E-state index contributed by atoms with van der Waals surface area (Å²) in [6.45, 7) is 5.81. The Morgan fingerprint density at radius 2 is 1.67 bits per heavy atom. The standard InChI is InChI=1S/C23H22O/c1-3-4-15-20(18-11-7-5-8-12-18)21-16-22(24)17(2)23(21)19-13-9-6-10-14-19/h3,5-14H,1,4,15-16H2,2H3/b21-20-. The van der Waals surface area contributed by atoms with E-state index >= 15 is 0 Å². The predicted octanol–water partition coefficient (Wildman–Crippen LogP) is 5.85. The molecular weight excluding hydrogens is 292 g/mol. The fraction of sp³-hybridized carbons (Fsp3) is 0.174. The van der Waals surface area contributed by atoms with Gasteiger partial charge in [0.1, 0.15) is 0 Å². The Morgan fingerprint density at radius 3 is 2.29 bits per heavy atom. The van der Waals surface area contributed by atoms with Crippen molar-refractivity contribution in [2.75, 3.05) is 0 Å². The van der Waals surface area contributed by atoms with Gasteiger partial charge in [0.2, 0.25) is 0 Å². The molecule has 3 rings (SSSR count). The molecule has 120 valence electrons. The Morgan fingerprint density at radius 1 is 1.04 bits per heavy atom. The second-order valence-corrected chi connectivity index (χ2v) is 6.12. The van der Waals surface area contributed by atoms with Gasteiger partial charge in [-0.1, -0.05) is 66.7 Å². The van der Waals surface area contributed by atoms with Crippen LogP contribution in [0.2, 0.25) is 0 Å². The lowest BCUT2D eigenvalue weighted by molar-refractivity contribution is -0.114. The second kappa shape index (κ2) is 7.27. The van der Waals surface area contributed by atoms with Gasteiger partial charge >= 0.3 is 0 Å². The highest BCUT2D eigenvalue weighted by atomic mass is 16.1. The summed E-state index contributed by atoms with van der Waals surface area (Å²) in [7, 11) is 0. The third-order valence-corrected chi connectivity index (χ3v) is 4.58. The SMILES string of the molecule is C=CCC/C(=C1\CC(=O)C(C)=C1c1ccccc1)c1ccccc1. The lowest BCUT2D eigenvalue weighted by atomic mass is 9.89. The molecule has 0 aliphatic heterocycles. The van der Waals surface area contributed by atoms with Gasteiger partial charge in [-0.2, -0.15) is 0 Å². The molecule has 0 saturated carbocycles. The van der Waals surface area contributed by atoms with Crippen LogP contribution >= 0.6 is 0 Å². The first-order valence-corrected chi connectivity index (χ1v) is 8.40. The largest absolute Gasteiger partial charge is 0.294 e. The molecule has 0 atom stereocenters. The zero-order valence-corrected chi connectivity index (χ0v) is 14.1. The summed E-state index contributed by atoms with van der Waals surface area (Å²) in [5.41, 5.74) is 6.76. The number of carbonyl (C=O) groups is 1. The smallest absolute Gasteiger partial charge is 0.163 e. The van der Waals surface area contributed by atoms with Crippen molar-refractivity contribution in [3.05, 3.63) is 95.6 Å². The Labute approximate surface area is 144 Å². The van der Waals surface area contributed by atoms with E-state index in [2.05, 4.69) is 43.0 Å². The number of benzene rings is 2. The molecule has 1 aliphatic rings. The molecule has 0 heterocycles. The van der Waals surface area contributed by atoms with Crippen LogP contribution in [-0.2, 0) is 4.79 Å². The highest BCUT2D eigenvalue weighted by Crippen LogP contribution is 2.42. The number of rotatable bonds is 5. The lowest BCUT2D eigenvalue weighted by Crippen LogP contribution is -1.95. The van der Waals surface area contributed by atoms with Crippen molar-refractivity contribution in [2.24, 2.45) is 0 Å². The van der Waals surface area contributed by atoms with Gasteiger partial charge in [-0.25, -0.2) is 0 Å². The molecule has 2 aromatic rings. The third-order valence-electron chi connectivity index (χ3n) is 4.58. The molecule has 1 nitrogen and oxygen atoms in total. The monoisotopic (exact) mass is 314 g/mol. The van der Waals surface area contributed by atoms with E-state index in [9.17, 15) is 4.79 Å². The summed E-state index contributed by atoms with van der Waals surface area (Å²) in [5.74, 6) is 0.232. The van der Waals surface area contributed by atoms with Crippen LogP contribution < -0.4 is 0 Å². The molecule has 0 radical (unpaired) electrons. The van der Waals surface area contributed by atoms with Crippen molar-refractivity contribution in [1.29, 1.82) is 0 Å². The minimum atomic E-state index is 0.232. The minimum Gasteiger partial charge on any atom is -0.294 e. The quantitative estimate of drug-likeness (QED) is 0.632. The van der Waals surface area contributed by atoms with Crippen molar-refractivity contribution in [1.82, 2.24) is 0 Å². The van der Waals surface area contributed by atoms with Crippen LogP contribution in [0, 0.1) is 0 Å². The summed E-state index contributed by atoms with van der Waals surface area (Å²) in [6.07, 6.45) is 4.25. The number of allylic oxidation sites excluding steroid dienone is 5. The van der Waals surface area contributed by atoms with Crippen molar-refractivity contribution < 1.29 is 4.79 Å². The molecule has 1 aliphatic carbocycles.